The second kappa shape index (κ2) is 8.85. The highest BCUT2D eigenvalue weighted by Crippen LogP contribution is 2.11. The summed E-state index contributed by atoms with van der Waals surface area (Å²) in [5.74, 6) is 0.449. The summed E-state index contributed by atoms with van der Waals surface area (Å²) in [6, 6.07) is 2.65. The van der Waals surface area contributed by atoms with E-state index in [0.29, 0.717) is 13.0 Å². The van der Waals surface area contributed by atoms with Crippen LogP contribution < -0.4 is 10.6 Å². The first-order chi connectivity index (χ1) is 10.7. The summed E-state index contributed by atoms with van der Waals surface area (Å²) in [6.07, 6.45) is 6.07. The molecule has 0 bridgehead atoms. The number of hydrogen-bond donors (Lipinski definition) is 2. The number of amides is 2. The normalized spacial score (nSPS) is 18.9. The Labute approximate surface area is 134 Å². The number of carbonyl (C=O) groups is 2. The second-order valence-electron chi connectivity index (χ2n) is 5.17. The fourth-order valence-corrected chi connectivity index (χ4v) is 2.76. The Morgan fingerprint density at radius 3 is 3.00 bits per heavy atom. The van der Waals surface area contributed by atoms with Crippen molar-refractivity contribution in [2.45, 2.75) is 31.4 Å². The average molecular weight is 326 g/mol. The summed E-state index contributed by atoms with van der Waals surface area (Å²) in [5, 5.41) is 5.60. The van der Waals surface area contributed by atoms with Crippen LogP contribution in [0.1, 0.15) is 29.8 Å². The summed E-state index contributed by atoms with van der Waals surface area (Å²) in [4.78, 5) is 24.3. The van der Waals surface area contributed by atoms with Gasteiger partial charge in [0.25, 0.3) is 5.91 Å². The molecule has 1 fully saturated rings. The lowest BCUT2D eigenvalue weighted by Crippen LogP contribution is -2.48. The van der Waals surface area contributed by atoms with E-state index < -0.39 is 6.04 Å². The molecule has 22 heavy (non-hydrogen) atoms. The minimum absolute atomic E-state index is 0.0888. The predicted octanol–water partition coefficient (Wildman–Crippen LogP) is 1.43. The Morgan fingerprint density at radius 1 is 1.50 bits per heavy atom. The maximum Gasteiger partial charge on any atom is 0.287 e. The van der Waals surface area contributed by atoms with Crippen molar-refractivity contribution in [2.24, 2.45) is 0 Å². The van der Waals surface area contributed by atoms with Crippen molar-refractivity contribution in [1.82, 2.24) is 10.6 Å². The molecule has 2 heterocycles. The molecule has 2 atom stereocenters. The quantitative estimate of drug-likeness (QED) is 0.755. The van der Waals surface area contributed by atoms with Crippen LogP contribution in [0, 0.1) is 0 Å². The minimum Gasteiger partial charge on any atom is -0.459 e. The summed E-state index contributed by atoms with van der Waals surface area (Å²) in [5.41, 5.74) is 0. The van der Waals surface area contributed by atoms with Gasteiger partial charge in [0.05, 0.1) is 12.4 Å². The van der Waals surface area contributed by atoms with Gasteiger partial charge < -0.3 is 19.8 Å². The van der Waals surface area contributed by atoms with E-state index in [2.05, 4.69) is 10.6 Å². The summed E-state index contributed by atoms with van der Waals surface area (Å²) < 4.78 is 10.5. The number of nitrogens with one attached hydrogen (secondary N) is 2. The van der Waals surface area contributed by atoms with Crippen LogP contribution in [0.5, 0.6) is 0 Å². The molecular weight excluding hydrogens is 304 g/mol. The number of thioether (sulfide) groups is 1. The first kappa shape index (κ1) is 16.9. The van der Waals surface area contributed by atoms with Crippen molar-refractivity contribution in [3.8, 4) is 0 Å². The molecule has 0 aliphatic carbocycles. The van der Waals surface area contributed by atoms with Crippen molar-refractivity contribution in [1.29, 1.82) is 0 Å². The maximum absolute atomic E-state index is 12.3. The number of rotatable bonds is 8. The molecule has 1 aromatic heterocycles. The molecule has 1 aromatic rings. The molecule has 122 valence electrons. The number of hydrogen-bond acceptors (Lipinski definition) is 5. The molecule has 1 aliphatic rings. The Hall–Kier alpha value is -1.47. The van der Waals surface area contributed by atoms with E-state index in [-0.39, 0.29) is 23.7 Å². The zero-order valence-corrected chi connectivity index (χ0v) is 13.5. The number of ether oxygens (including phenoxy) is 1. The first-order valence-electron chi connectivity index (χ1n) is 7.43. The highest BCUT2D eigenvalue weighted by molar-refractivity contribution is 7.98. The molecule has 6 nitrogen and oxygen atoms in total. The maximum atomic E-state index is 12.3. The fraction of sp³-hybridized carbons (Fsp3) is 0.600. The van der Waals surface area contributed by atoms with Gasteiger partial charge in [-0.2, -0.15) is 11.8 Å². The van der Waals surface area contributed by atoms with Crippen LogP contribution >= 0.6 is 11.8 Å². The van der Waals surface area contributed by atoms with E-state index >= 15 is 0 Å². The van der Waals surface area contributed by atoms with Crippen molar-refractivity contribution in [3.63, 3.8) is 0 Å². The molecule has 2 amide bonds. The van der Waals surface area contributed by atoms with Crippen LogP contribution in [0.15, 0.2) is 22.8 Å². The van der Waals surface area contributed by atoms with Crippen molar-refractivity contribution in [3.05, 3.63) is 24.2 Å². The van der Waals surface area contributed by atoms with Crippen LogP contribution in [0.4, 0.5) is 0 Å². The van der Waals surface area contributed by atoms with Gasteiger partial charge in [0.15, 0.2) is 5.76 Å². The third-order valence-electron chi connectivity index (χ3n) is 3.51. The largest absolute Gasteiger partial charge is 0.459 e. The van der Waals surface area contributed by atoms with Gasteiger partial charge in [-0.05, 0) is 43.4 Å². The molecule has 1 aliphatic heterocycles. The lowest BCUT2D eigenvalue weighted by Gasteiger charge is -2.19. The fourth-order valence-electron chi connectivity index (χ4n) is 2.28. The molecule has 0 aromatic carbocycles. The van der Waals surface area contributed by atoms with Crippen molar-refractivity contribution < 1.29 is 18.7 Å². The van der Waals surface area contributed by atoms with Gasteiger partial charge in [-0.3, -0.25) is 9.59 Å². The van der Waals surface area contributed by atoms with E-state index in [1.165, 1.54) is 6.26 Å². The molecule has 0 radical (unpaired) electrons. The Kier molecular flexibility index (Phi) is 6.79. The van der Waals surface area contributed by atoms with Crippen LogP contribution in [-0.4, -0.2) is 49.1 Å². The van der Waals surface area contributed by atoms with E-state index in [4.69, 9.17) is 9.15 Å². The van der Waals surface area contributed by atoms with Crippen LogP contribution in [0.2, 0.25) is 0 Å². The smallest absolute Gasteiger partial charge is 0.287 e. The van der Waals surface area contributed by atoms with E-state index in [1.807, 2.05) is 6.26 Å². The molecular formula is C15H22N2O4S. The Balaban J connectivity index is 1.86. The first-order valence-corrected chi connectivity index (χ1v) is 8.82. The molecule has 7 heteroatoms. The van der Waals surface area contributed by atoms with Gasteiger partial charge in [0.1, 0.15) is 6.04 Å². The van der Waals surface area contributed by atoms with Gasteiger partial charge in [0, 0.05) is 13.2 Å². The standard InChI is InChI=1S/C15H22N2O4S/c1-22-9-6-12(17-15(19)13-5-3-8-21-13)14(18)16-10-11-4-2-7-20-11/h3,5,8,11-12H,2,4,6-7,9-10H2,1H3,(H,16,18)(H,17,19)/t11-,12-/m1/s1. The highest BCUT2D eigenvalue weighted by Gasteiger charge is 2.23. The van der Waals surface area contributed by atoms with Gasteiger partial charge >= 0.3 is 0 Å². The Bertz CT molecular complexity index is 472. The van der Waals surface area contributed by atoms with E-state index in [9.17, 15) is 9.59 Å². The molecule has 0 unspecified atom stereocenters. The monoisotopic (exact) mass is 326 g/mol. The zero-order chi connectivity index (χ0) is 15.8. The van der Waals surface area contributed by atoms with Gasteiger partial charge in [-0.25, -0.2) is 0 Å². The summed E-state index contributed by atoms with van der Waals surface area (Å²) in [6.45, 7) is 1.25. The second-order valence-corrected chi connectivity index (χ2v) is 6.15. The number of carbonyl (C=O) groups excluding carboxylic acids is 2. The van der Waals surface area contributed by atoms with E-state index in [0.717, 1.165) is 25.2 Å². The van der Waals surface area contributed by atoms with Gasteiger partial charge in [-0.1, -0.05) is 0 Å². The number of furan rings is 1. The van der Waals surface area contributed by atoms with Crippen molar-refractivity contribution in [2.75, 3.05) is 25.2 Å². The predicted molar refractivity (Wildman–Crippen MR) is 84.9 cm³/mol. The third-order valence-corrected chi connectivity index (χ3v) is 4.15. The minimum atomic E-state index is -0.563. The van der Waals surface area contributed by atoms with E-state index in [1.54, 1.807) is 23.9 Å². The van der Waals surface area contributed by atoms with Gasteiger partial charge in [-0.15, -0.1) is 0 Å². The molecule has 0 spiro atoms. The summed E-state index contributed by atoms with van der Waals surface area (Å²) >= 11 is 1.64. The topological polar surface area (TPSA) is 80.6 Å². The lowest BCUT2D eigenvalue weighted by molar-refractivity contribution is -0.123. The Morgan fingerprint density at radius 2 is 2.36 bits per heavy atom. The third kappa shape index (κ3) is 5.06. The molecule has 0 saturated carbocycles. The molecule has 2 N–H and O–H groups in total. The van der Waals surface area contributed by atoms with Crippen LogP contribution in [0.3, 0.4) is 0 Å². The lowest BCUT2D eigenvalue weighted by atomic mass is 10.2. The SMILES string of the molecule is CSCC[C@@H](NC(=O)c1ccco1)C(=O)NC[C@H]1CCCO1. The summed E-state index contributed by atoms with van der Waals surface area (Å²) in [7, 11) is 0. The average Bonchev–Trinajstić information content (AvgIpc) is 3.21. The zero-order valence-electron chi connectivity index (χ0n) is 12.7. The van der Waals surface area contributed by atoms with Crippen LogP contribution in [0.25, 0.3) is 0 Å². The molecule has 1 saturated heterocycles. The van der Waals surface area contributed by atoms with Gasteiger partial charge in [0.2, 0.25) is 5.91 Å². The molecule has 2 rings (SSSR count). The van der Waals surface area contributed by atoms with Crippen LogP contribution in [-0.2, 0) is 9.53 Å². The van der Waals surface area contributed by atoms with Crippen molar-refractivity contribution >= 4 is 23.6 Å². The highest BCUT2D eigenvalue weighted by atomic mass is 32.2.